The van der Waals surface area contributed by atoms with Crippen LogP contribution < -0.4 is 10.2 Å². The minimum absolute atomic E-state index is 0.178. The van der Waals surface area contributed by atoms with Gasteiger partial charge in [0.05, 0.1) is 28.7 Å². The van der Waals surface area contributed by atoms with Gasteiger partial charge in [0.25, 0.3) is 5.91 Å². The lowest BCUT2D eigenvalue weighted by molar-refractivity contribution is 0.102. The van der Waals surface area contributed by atoms with Crippen molar-refractivity contribution in [2.45, 2.75) is 13.8 Å². The first-order valence-electron chi connectivity index (χ1n) is 7.77. The third kappa shape index (κ3) is 3.20. The van der Waals surface area contributed by atoms with Gasteiger partial charge in [-0.15, -0.1) is 0 Å². The molecule has 0 aliphatic rings. The number of pyridine rings is 2. The standard InChI is InChI=1S/C19H20N4O/c1-12-5-7-17-14(9-12)10-16(13(2)21-17)19(24)22-15-6-8-18(20-11-15)23(3)4/h5-11H,1-4H3,(H,22,24). The monoisotopic (exact) mass is 320 g/mol. The van der Waals surface area contributed by atoms with Gasteiger partial charge in [0.2, 0.25) is 0 Å². The molecule has 0 bridgehead atoms. The van der Waals surface area contributed by atoms with Gasteiger partial charge >= 0.3 is 0 Å². The maximum absolute atomic E-state index is 12.6. The zero-order valence-corrected chi connectivity index (χ0v) is 14.3. The van der Waals surface area contributed by atoms with Crippen LogP contribution in [0.5, 0.6) is 0 Å². The molecule has 122 valence electrons. The van der Waals surface area contributed by atoms with Crippen LogP contribution in [0.15, 0.2) is 42.6 Å². The van der Waals surface area contributed by atoms with Crippen LogP contribution >= 0.6 is 0 Å². The Morgan fingerprint density at radius 2 is 1.88 bits per heavy atom. The number of benzene rings is 1. The second kappa shape index (κ2) is 6.28. The van der Waals surface area contributed by atoms with Crippen LogP contribution in [0.1, 0.15) is 21.6 Å². The van der Waals surface area contributed by atoms with Gasteiger partial charge in [-0.05, 0) is 44.2 Å². The predicted octanol–water partition coefficient (Wildman–Crippen LogP) is 3.56. The highest BCUT2D eigenvalue weighted by Gasteiger charge is 2.12. The van der Waals surface area contributed by atoms with E-state index in [2.05, 4.69) is 15.3 Å². The Bertz CT molecular complexity index is 901. The fourth-order valence-corrected chi connectivity index (χ4v) is 2.55. The van der Waals surface area contributed by atoms with E-state index in [9.17, 15) is 4.79 Å². The molecule has 0 atom stereocenters. The van der Waals surface area contributed by atoms with E-state index in [1.807, 2.05) is 69.2 Å². The highest BCUT2D eigenvalue weighted by atomic mass is 16.1. The number of hydrogen-bond acceptors (Lipinski definition) is 4. The normalized spacial score (nSPS) is 10.7. The van der Waals surface area contributed by atoms with Crippen LogP contribution in [0, 0.1) is 13.8 Å². The average Bonchev–Trinajstić information content (AvgIpc) is 2.55. The zero-order chi connectivity index (χ0) is 17.3. The number of carbonyl (C=O) groups is 1. The van der Waals surface area contributed by atoms with Crippen LogP contribution in [0.2, 0.25) is 0 Å². The summed E-state index contributed by atoms with van der Waals surface area (Å²) >= 11 is 0. The second-order valence-corrected chi connectivity index (χ2v) is 6.07. The van der Waals surface area contributed by atoms with E-state index >= 15 is 0 Å². The number of carbonyl (C=O) groups excluding carboxylic acids is 1. The van der Waals surface area contributed by atoms with Gasteiger partial charge in [0.15, 0.2) is 0 Å². The van der Waals surface area contributed by atoms with Crippen LogP contribution in [0.25, 0.3) is 10.9 Å². The predicted molar refractivity (Wildman–Crippen MR) is 97.7 cm³/mol. The minimum atomic E-state index is -0.178. The Balaban J connectivity index is 1.89. The summed E-state index contributed by atoms with van der Waals surface area (Å²) < 4.78 is 0. The van der Waals surface area contributed by atoms with Crippen molar-refractivity contribution in [1.29, 1.82) is 0 Å². The first-order chi connectivity index (χ1) is 11.4. The van der Waals surface area contributed by atoms with Crippen LogP contribution in [-0.2, 0) is 0 Å². The maximum atomic E-state index is 12.6. The van der Waals surface area contributed by atoms with Crippen molar-refractivity contribution < 1.29 is 4.79 Å². The smallest absolute Gasteiger partial charge is 0.257 e. The van der Waals surface area contributed by atoms with E-state index < -0.39 is 0 Å². The van der Waals surface area contributed by atoms with Crippen molar-refractivity contribution in [1.82, 2.24) is 9.97 Å². The molecule has 3 rings (SSSR count). The molecule has 0 radical (unpaired) electrons. The van der Waals surface area contributed by atoms with Gasteiger partial charge in [-0.1, -0.05) is 11.6 Å². The second-order valence-electron chi connectivity index (χ2n) is 6.07. The number of amides is 1. The maximum Gasteiger partial charge on any atom is 0.257 e. The van der Waals surface area contributed by atoms with E-state index in [0.29, 0.717) is 16.9 Å². The fourth-order valence-electron chi connectivity index (χ4n) is 2.55. The van der Waals surface area contributed by atoms with Crippen LogP contribution in [0.4, 0.5) is 11.5 Å². The van der Waals surface area contributed by atoms with Gasteiger partial charge in [-0.25, -0.2) is 4.98 Å². The Kier molecular flexibility index (Phi) is 4.16. The van der Waals surface area contributed by atoms with E-state index in [4.69, 9.17) is 0 Å². The molecule has 3 aromatic rings. The summed E-state index contributed by atoms with van der Waals surface area (Å²) in [6.45, 7) is 3.87. The number of aromatic nitrogens is 2. The molecule has 0 saturated heterocycles. The van der Waals surface area contributed by atoms with E-state index in [0.717, 1.165) is 22.3 Å². The number of rotatable bonds is 3. The lowest BCUT2D eigenvalue weighted by Crippen LogP contribution is -2.15. The average molecular weight is 320 g/mol. The molecular formula is C19H20N4O. The fraction of sp³-hybridized carbons (Fsp3) is 0.211. The van der Waals surface area contributed by atoms with Crippen LogP contribution in [0.3, 0.4) is 0 Å². The van der Waals surface area contributed by atoms with Crippen molar-refractivity contribution in [3.63, 3.8) is 0 Å². The molecule has 2 aromatic heterocycles. The minimum Gasteiger partial charge on any atom is -0.363 e. The van der Waals surface area contributed by atoms with Crippen molar-refractivity contribution >= 4 is 28.3 Å². The third-order valence-electron chi connectivity index (χ3n) is 3.87. The molecule has 0 fully saturated rings. The third-order valence-corrected chi connectivity index (χ3v) is 3.87. The zero-order valence-electron chi connectivity index (χ0n) is 14.3. The van der Waals surface area contributed by atoms with E-state index in [1.54, 1.807) is 6.20 Å². The summed E-state index contributed by atoms with van der Waals surface area (Å²) in [6.07, 6.45) is 1.65. The first kappa shape index (κ1) is 15.9. The molecule has 0 saturated carbocycles. The highest BCUT2D eigenvalue weighted by Crippen LogP contribution is 2.19. The van der Waals surface area contributed by atoms with Crippen molar-refractivity contribution in [3.05, 3.63) is 59.4 Å². The Morgan fingerprint density at radius 3 is 2.54 bits per heavy atom. The summed E-state index contributed by atoms with van der Waals surface area (Å²) in [5.41, 5.74) is 3.98. The number of nitrogens with zero attached hydrogens (tertiary/aromatic N) is 3. The van der Waals surface area contributed by atoms with Crippen molar-refractivity contribution in [2.75, 3.05) is 24.3 Å². The van der Waals surface area contributed by atoms with E-state index in [-0.39, 0.29) is 5.91 Å². The summed E-state index contributed by atoms with van der Waals surface area (Å²) in [7, 11) is 3.85. The summed E-state index contributed by atoms with van der Waals surface area (Å²) in [6, 6.07) is 11.6. The molecule has 5 nitrogen and oxygen atoms in total. The largest absolute Gasteiger partial charge is 0.363 e. The molecule has 0 aliphatic heterocycles. The Hall–Kier alpha value is -2.95. The molecule has 0 aliphatic carbocycles. The van der Waals surface area contributed by atoms with Gasteiger partial charge in [0, 0.05) is 19.5 Å². The van der Waals surface area contributed by atoms with Gasteiger partial charge in [-0.2, -0.15) is 0 Å². The number of hydrogen-bond donors (Lipinski definition) is 1. The van der Waals surface area contributed by atoms with Crippen molar-refractivity contribution in [2.24, 2.45) is 0 Å². The van der Waals surface area contributed by atoms with Crippen LogP contribution in [-0.4, -0.2) is 30.0 Å². The molecule has 1 aromatic carbocycles. The van der Waals surface area contributed by atoms with Gasteiger partial charge in [0.1, 0.15) is 5.82 Å². The summed E-state index contributed by atoms with van der Waals surface area (Å²) in [5, 5.41) is 3.85. The lowest BCUT2D eigenvalue weighted by Gasteiger charge is -2.12. The Morgan fingerprint density at radius 1 is 1.08 bits per heavy atom. The molecule has 5 heteroatoms. The molecular weight excluding hydrogens is 300 g/mol. The van der Waals surface area contributed by atoms with Gasteiger partial charge < -0.3 is 10.2 Å². The summed E-state index contributed by atoms with van der Waals surface area (Å²) in [5.74, 6) is 0.662. The Labute approximate surface area is 141 Å². The highest BCUT2D eigenvalue weighted by molar-refractivity contribution is 6.06. The quantitative estimate of drug-likeness (QED) is 0.801. The van der Waals surface area contributed by atoms with E-state index in [1.165, 1.54) is 0 Å². The number of aryl methyl sites for hydroxylation is 2. The van der Waals surface area contributed by atoms with Gasteiger partial charge in [-0.3, -0.25) is 9.78 Å². The molecule has 0 unspecified atom stereocenters. The molecule has 1 amide bonds. The number of anilines is 2. The SMILES string of the molecule is Cc1ccc2nc(C)c(C(=O)Nc3ccc(N(C)C)nc3)cc2c1. The topological polar surface area (TPSA) is 58.1 Å². The molecule has 1 N–H and O–H groups in total. The number of fused-ring (bicyclic) bond motifs is 1. The molecule has 0 spiro atoms. The van der Waals surface area contributed by atoms with Crippen molar-refractivity contribution in [3.8, 4) is 0 Å². The molecule has 2 heterocycles. The lowest BCUT2D eigenvalue weighted by atomic mass is 10.1. The first-order valence-corrected chi connectivity index (χ1v) is 7.77. The summed E-state index contributed by atoms with van der Waals surface area (Å²) in [4.78, 5) is 23.3. The molecule has 24 heavy (non-hydrogen) atoms. The number of nitrogens with one attached hydrogen (secondary N) is 1.